The Balaban J connectivity index is 1.53. The monoisotopic (exact) mass is 421 g/mol. The first-order chi connectivity index (χ1) is 14.4. The van der Waals surface area contributed by atoms with Gasteiger partial charge in [0.15, 0.2) is 11.4 Å². The predicted molar refractivity (Wildman–Crippen MR) is 117 cm³/mol. The molecule has 0 bridgehead atoms. The molecule has 1 aliphatic heterocycles. The molecule has 4 rings (SSSR count). The number of para-hydroxylation sites is 1. The van der Waals surface area contributed by atoms with Crippen molar-refractivity contribution >= 4 is 28.7 Å². The highest BCUT2D eigenvalue weighted by molar-refractivity contribution is 7.14. The molecule has 1 aliphatic rings. The number of anilines is 1. The molecule has 30 heavy (non-hydrogen) atoms. The summed E-state index contributed by atoms with van der Waals surface area (Å²) in [7, 11) is 0. The molecule has 1 amide bonds. The van der Waals surface area contributed by atoms with Crippen molar-refractivity contribution in [3.05, 3.63) is 81.5 Å². The molecule has 6 heteroatoms. The molecule has 1 N–H and O–H groups in total. The zero-order chi connectivity index (χ0) is 21.3. The quantitative estimate of drug-likeness (QED) is 0.579. The number of hydrogen-bond donors (Lipinski definition) is 1. The largest absolute Gasteiger partial charge is 0.492 e. The molecular formula is C24H23NO4S. The fourth-order valence-electron chi connectivity index (χ4n) is 3.76. The first kappa shape index (κ1) is 20.3. The maximum absolute atomic E-state index is 13.2. The van der Waals surface area contributed by atoms with Crippen LogP contribution >= 0.6 is 11.3 Å². The number of rotatable bonds is 7. The summed E-state index contributed by atoms with van der Waals surface area (Å²) in [4.78, 5) is 29.1. The third-order valence-corrected chi connectivity index (χ3v) is 6.29. The van der Waals surface area contributed by atoms with E-state index in [2.05, 4.69) is 0 Å². The van der Waals surface area contributed by atoms with Crippen LogP contribution in [-0.2, 0) is 10.4 Å². The number of fused-ring (bicyclic) bond motifs is 1. The summed E-state index contributed by atoms with van der Waals surface area (Å²) in [5.41, 5.74) is 0.307. The van der Waals surface area contributed by atoms with Crippen LogP contribution in [0.3, 0.4) is 0 Å². The van der Waals surface area contributed by atoms with E-state index in [1.165, 1.54) is 16.2 Å². The summed E-state index contributed by atoms with van der Waals surface area (Å²) in [6.45, 7) is 4.46. The number of nitrogens with zero attached hydrogens (tertiary/aromatic N) is 1. The van der Waals surface area contributed by atoms with Crippen LogP contribution in [0, 0.1) is 13.8 Å². The highest BCUT2D eigenvalue weighted by Gasteiger charge is 2.50. The molecular weight excluding hydrogens is 398 g/mol. The van der Waals surface area contributed by atoms with Gasteiger partial charge in [-0.3, -0.25) is 9.59 Å². The van der Waals surface area contributed by atoms with Crippen molar-refractivity contribution in [2.24, 2.45) is 0 Å². The van der Waals surface area contributed by atoms with Crippen LogP contribution in [0.4, 0.5) is 5.69 Å². The van der Waals surface area contributed by atoms with Crippen LogP contribution in [0.1, 0.15) is 32.1 Å². The summed E-state index contributed by atoms with van der Waals surface area (Å²) in [5.74, 6) is 0.00298. The molecule has 3 aromatic rings. The number of carbonyl (C=O) groups is 2. The van der Waals surface area contributed by atoms with Gasteiger partial charge in [0.05, 0.1) is 23.5 Å². The van der Waals surface area contributed by atoms with Gasteiger partial charge in [-0.2, -0.15) is 0 Å². The molecule has 0 saturated carbocycles. The minimum Gasteiger partial charge on any atom is -0.492 e. The molecule has 1 unspecified atom stereocenters. The maximum atomic E-state index is 13.2. The number of aryl methyl sites for hydroxylation is 2. The van der Waals surface area contributed by atoms with Crippen molar-refractivity contribution in [3.63, 3.8) is 0 Å². The first-order valence-electron chi connectivity index (χ1n) is 9.81. The molecule has 1 atom stereocenters. The van der Waals surface area contributed by atoms with E-state index in [9.17, 15) is 14.7 Å². The van der Waals surface area contributed by atoms with Crippen LogP contribution in [-0.4, -0.2) is 29.9 Å². The number of ether oxygens (including phenoxy) is 1. The van der Waals surface area contributed by atoms with E-state index in [4.69, 9.17) is 4.74 Å². The normalized spacial score (nSPS) is 17.8. The van der Waals surface area contributed by atoms with E-state index in [0.717, 1.165) is 16.2 Å². The smallest absolute Gasteiger partial charge is 0.264 e. The number of aliphatic hydroxyl groups is 1. The second-order valence-corrected chi connectivity index (χ2v) is 8.80. The van der Waals surface area contributed by atoms with E-state index in [1.54, 1.807) is 24.3 Å². The van der Waals surface area contributed by atoms with Crippen molar-refractivity contribution in [2.45, 2.75) is 25.9 Å². The van der Waals surface area contributed by atoms with Gasteiger partial charge in [-0.1, -0.05) is 30.3 Å². The van der Waals surface area contributed by atoms with Crippen molar-refractivity contribution in [1.29, 1.82) is 0 Å². The highest BCUT2D eigenvalue weighted by atomic mass is 32.1. The molecule has 0 spiro atoms. The van der Waals surface area contributed by atoms with Gasteiger partial charge in [0.1, 0.15) is 12.4 Å². The van der Waals surface area contributed by atoms with Gasteiger partial charge in [-0.25, -0.2) is 0 Å². The maximum Gasteiger partial charge on any atom is 0.264 e. The molecule has 2 aromatic carbocycles. The Morgan fingerprint density at radius 3 is 2.63 bits per heavy atom. The van der Waals surface area contributed by atoms with Crippen molar-refractivity contribution in [3.8, 4) is 5.75 Å². The Labute approximate surface area is 179 Å². The SMILES string of the molecule is Cc1cccc(OCCN2C(=O)C(O)(CC(=O)c3ccc(C)s3)c3ccccc32)c1. The highest BCUT2D eigenvalue weighted by Crippen LogP contribution is 2.43. The Bertz CT molecular complexity index is 1110. The summed E-state index contributed by atoms with van der Waals surface area (Å²) in [5, 5.41) is 11.3. The van der Waals surface area contributed by atoms with E-state index < -0.39 is 11.5 Å². The van der Waals surface area contributed by atoms with Crippen LogP contribution in [0.15, 0.2) is 60.7 Å². The Morgan fingerprint density at radius 1 is 1.10 bits per heavy atom. The zero-order valence-electron chi connectivity index (χ0n) is 16.9. The van der Waals surface area contributed by atoms with Crippen molar-refractivity contribution in [2.75, 3.05) is 18.1 Å². The minimum atomic E-state index is -1.87. The van der Waals surface area contributed by atoms with E-state index in [-0.39, 0.29) is 25.4 Å². The molecule has 0 fully saturated rings. The lowest BCUT2D eigenvalue weighted by Crippen LogP contribution is -2.43. The Morgan fingerprint density at radius 2 is 1.90 bits per heavy atom. The van der Waals surface area contributed by atoms with Gasteiger partial charge in [-0.15, -0.1) is 11.3 Å². The number of ketones is 1. The fourth-order valence-corrected chi connectivity index (χ4v) is 4.57. The van der Waals surface area contributed by atoms with Gasteiger partial charge in [0, 0.05) is 10.4 Å². The predicted octanol–water partition coefficient (Wildman–Crippen LogP) is 4.25. The van der Waals surface area contributed by atoms with E-state index >= 15 is 0 Å². The topological polar surface area (TPSA) is 66.8 Å². The van der Waals surface area contributed by atoms with Crippen molar-refractivity contribution < 1.29 is 19.4 Å². The van der Waals surface area contributed by atoms with Gasteiger partial charge >= 0.3 is 0 Å². The van der Waals surface area contributed by atoms with E-state index in [0.29, 0.717) is 16.1 Å². The average molecular weight is 422 g/mol. The molecule has 0 saturated heterocycles. The van der Waals surface area contributed by atoms with Crippen LogP contribution < -0.4 is 9.64 Å². The van der Waals surface area contributed by atoms with Crippen LogP contribution in [0.2, 0.25) is 0 Å². The van der Waals surface area contributed by atoms with Crippen molar-refractivity contribution in [1.82, 2.24) is 0 Å². The standard InChI is InChI=1S/C24H23NO4S/c1-16-6-5-7-18(14-16)29-13-12-25-20-9-4-3-8-19(20)24(28,23(25)27)15-21(26)22-11-10-17(2)30-22/h3-11,14,28H,12-13,15H2,1-2H3. The molecule has 2 heterocycles. The minimum absolute atomic E-state index is 0.239. The lowest BCUT2D eigenvalue weighted by atomic mass is 9.89. The molecule has 1 aromatic heterocycles. The van der Waals surface area contributed by atoms with E-state index in [1.807, 2.05) is 50.2 Å². The molecule has 0 radical (unpaired) electrons. The van der Waals surface area contributed by atoms with Gasteiger partial charge < -0.3 is 14.7 Å². The Hall–Kier alpha value is -2.96. The first-order valence-corrected chi connectivity index (χ1v) is 10.6. The Kier molecular flexibility index (Phi) is 5.45. The van der Waals surface area contributed by atoms with Gasteiger partial charge in [-0.05, 0) is 49.7 Å². The number of Topliss-reactive ketones (excluding diaryl/α,β-unsaturated/α-hetero) is 1. The lowest BCUT2D eigenvalue weighted by Gasteiger charge is -2.22. The summed E-state index contributed by atoms with van der Waals surface area (Å²) < 4.78 is 5.79. The second-order valence-electron chi connectivity index (χ2n) is 7.51. The third-order valence-electron chi connectivity index (χ3n) is 5.24. The summed E-state index contributed by atoms with van der Waals surface area (Å²) in [6, 6.07) is 18.4. The zero-order valence-corrected chi connectivity index (χ0v) is 17.7. The van der Waals surface area contributed by atoms with Crippen LogP contribution in [0.25, 0.3) is 0 Å². The van der Waals surface area contributed by atoms with Gasteiger partial charge in [0.25, 0.3) is 5.91 Å². The second kappa shape index (κ2) is 8.05. The third kappa shape index (κ3) is 3.76. The number of benzene rings is 2. The van der Waals surface area contributed by atoms with Crippen LogP contribution in [0.5, 0.6) is 5.75 Å². The summed E-state index contributed by atoms with van der Waals surface area (Å²) >= 11 is 1.37. The summed E-state index contributed by atoms with van der Waals surface area (Å²) in [6.07, 6.45) is -0.280. The number of carbonyl (C=O) groups excluding carboxylic acids is 2. The molecule has 154 valence electrons. The molecule has 0 aliphatic carbocycles. The lowest BCUT2D eigenvalue weighted by molar-refractivity contribution is -0.135. The number of thiophene rings is 1. The number of hydrogen-bond acceptors (Lipinski definition) is 5. The number of amides is 1. The fraction of sp³-hybridized carbons (Fsp3) is 0.250. The molecule has 5 nitrogen and oxygen atoms in total. The van der Waals surface area contributed by atoms with Gasteiger partial charge in [0.2, 0.25) is 0 Å². The average Bonchev–Trinajstić information content (AvgIpc) is 3.24.